The molecule has 9 rings (SSSR count). The number of aryl methyl sites for hydroxylation is 2. The van der Waals surface area contributed by atoms with Gasteiger partial charge in [0.15, 0.2) is 0 Å². The number of nitrogens with zero attached hydrogens (tertiary/aromatic N) is 1. The molecule has 0 saturated carbocycles. The number of aromatic amines is 1. The van der Waals surface area contributed by atoms with Crippen LogP contribution in [0.1, 0.15) is 40.0 Å². The Morgan fingerprint density at radius 1 is 0.721 bits per heavy atom. The molecular weight excluding hydrogens is 532 g/mol. The topological polar surface area (TPSA) is 75.2 Å². The summed E-state index contributed by atoms with van der Waals surface area (Å²) in [4.78, 5) is 19.4. The molecule has 5 heteroatoms. The molecule has 0 fully saturated rings. The highest BCUT2D eigenvalue weighted by Crippen LogP contribution is 2.36. The summed E-state index contributed by atoms with van der Waals surface area (Å²) in [7, 11) is 0. The Bertz CT molecular complexity index is 2210. The molecule has 5 nitrogen and oxygen atoms in total. The number of carboxylic acid groups (broad SMARTS) is 1. The number of rotatable bonds is 2. The van der Waals surface area contributed by atoms with E-state index in [9.17, 15) is 9.90 Å². The van der Waals surface area contributed by atoms with Gasteiger partial charge in [-0.25, -0.2) is 9.78 Å². The smallest absolute Gasteiger partial charge is 0.354 e. The molecule has 2 N–H and O–H groups in total. The highest BCUT2D eigenvalue weighted by atomic mass is 16.5. The van der Waals surface area contributed by atoms with Crippen molar-refractivity contribution in [1.29, 1.82) is 0 Å². The van der Waals surface area contributed by atoms with Crippen LogP contribution in [-0.2, 0) is 19.3 Å². The fourth-order valence-corrected chi connectivity index (χ4v) is 6.84. The third-order valence-electron chi connectivity index (χ3n) is 8.94. The minimum atomic E-state index is -1.03. The Morgan fingerprint density at radius 2 is 1.53 bits per heavy atom. The molecule has 0 amide bonds. The number of hydrogen-bond donors (Lipinski definition) is 2. The van der Waals surface area contributed by atoms with Gasteiger partial charge in [0, 0.05) is 28.3 Å². The number of H-pyrrole nitrogens is 1. The summed E-state index contributed by atoms with van der Waals surface area (Å²) in [5.74, 6) is -0.135. The highest BCUT2D eigenvalue weighted by molar-refractivity contribution is 6.13. The maximum atomic E-state index is 11.6. The number of ether oxygens (including phenoxy) is 1. The summed E-state index contributed by atoms with van der Waals surface area (Å²) in [5, 5.41) is 17.0. The maximum absolute atomic E-state index is 11.6. The lowest BCUT2D eigenvalue weighted by molar-refractivity contribution is 0.0691. The predicted octanol–water partition coefficient (Wildman–Crippen LogP) is 8.89. The van der Waals surface area contributed by atoms with Crippen LogP contribution >= 0.6 is 0 Å². The SMILES string of the molecule is O=C(O)c1cc2c([nH]c3ccccc32)c(-c2ccc3c(c2)CCO3)n1.c1ccc2c(c1)ccc1c3c(ccc12)CCCC3. The van der Waals surface area contributed by atoms with Gasteiger partial charge in [-0.3, -0.25) is 0 Å². The Hall–Kier alpha value is -5.16. The number of nitrogens with one attached hydrogen (secondary N) is 1. The predicted molar refractivity (Wildman–Crippen MR) is 173 cm³/mol. The number of aromatic carboxylic acids is 1. The standard InChI is InChI=1S/C20H14N2O3.C18H16/c23-20(24)16-10-14-13-3-1-2-4-15(13)21-19(14)18(22-16)12-5-6-17-11(9-12)7-8-25-17;1-3-7-15-13(5-1)9-11-18-16-8-4-2-6-14(16)10-12-17(15)18/h1-6,9-10,21H,7-8H2,(H,23,24);1,3,5,7,9-12H,2,4,6,8H2. The number of pyridine rings is 1. The van der Waals surface area contributed by atoms with E-state index >= 15 is 0 Å². The third-order valence-corrected chi connectivity index (χ3v) is 8.94. The van der Waals surface area contributed by atoms with E-state index in [1.807, 2.05) is 42.5 Å². The maximum Gasteiger partial charge on any atom is 0.354 e. The number of fused-ring (bicyclic) bond motifs is 9. The number of benzene rings is 5. The van der Waals surface area contributed by atoms with Crippen molar-refractivity contribution >= 4 is 49.3 Å². The van der Waals surface area contributed by atoms with Crippen molar-refractivity contribution in [3.8, 4) is 17.0 Å². The van der Waals surface area contributed by atoms with Crippen LogP contribution in [0, 0.1) is 0 Å². The van der Waals surface area contributed by atoms with Crippen molar-refractivity contribution in [1.82, 2.24) is 9.97 Å². The second kappa shape index (κ2) is 10.3. The first-order valence-corrected chi connectivity index (χ1v) is 15.0. The molecule has 0 spiro atoms. The van der Waals surface area contributed by atoms with Gasteiger partial charge in [-0.05, 0) is 94.3 Å². The first-order chi connectivity index (χ1) is 21.1. The quantitative estimate of drug-likeness (QED) is 0.206. The largest absolute Gasteiger partial charge is 0.493 e. The van der Waals surface area contributed by atoms with Crippen LogP contribution in [0.4, 0.5) is 0 Å². The number of para-hydroxylation sites is 1. The number of carbonyl (C=O) groups is 1. The van der Waals surface area contributed by atoms with Crippen LogP contribution in [0.25, 0.3) is 54.6 Å². The van der Waals surface area contributed by atoms with E-state index in [1.165, 1.54) is 47.2 Å². The molecule has 2 aliphatic rings. The molecule has 0 atom stereocenters. The second-order valence-corrected chi connectivity index (χ2v) is 11.5. The Kier molecular flexibility index (Phi) is 6.11. The van der Waals surface area contributed by atoms with E-state index < -0.39 is 5.97 Å². The molecule has 5 aromatic carbocycles. The van der Waals surface area contributed by atoms with Crippen LogP contribution in [0.15, 0.2) is 97.1 Å². The van der Waals surface area contributed by atoms with Gasteiger partial charge in [0.25, 0.3) is 0 Å². The summed E-state index contributed by atoms with van der Waals surface area (Å²) in [6.45, 7) is 0.684. The fraction of sp³-hybridized carbons (Fsp3) is 0.158. The van der Waals surface area contributed by atoms with Gasteiger partial charge in [-0.15, -0.1) is 0 Å². The lowest BCUT2D eigenvalue weighted by Gasteiger charge is -2.18. The number of carboxylic acids is 1. The molecule has 7 aromatic rings. The molecule has 210 valence electrons. The normalized spacial score (nSPS) is 13.9. The lowest BCUT2D eigenvalue weighted by atomic mass is 9.86. The van der Waals surface area contributed by atoms with E-state index in [1.54, 1.807) is 17.2 Å². The van der Waals surface area contributed by atoms with Gasteiger partial charge in [0.1, 0.15) is 11.4 Å². The van der Waals surface area contributed by atoms with E-state index in [-0.39, 0.29) is 5.69 Å². The lowest BCUT2D eigenvalue weighted by Crippen LogP contribution is -2.02. The molecule has 0 unspecified atom stereocenters. The Labute approximate surface area is 248 Å². The van der Waals surface area contributed by atoms with Crippen molar-refractivity contribution in [2.75, 3.05) is 6.61 Å². The Morgan fingerprint density at radius 3 is 2.44 bits per heavy atom. The molecule has 43 heavy (non-hydrogen) atoms. The molecule has 2 aromatic heterocycles. The zero-order chi connectivity index (χ0) is 28.9. The van der Waals surface area contributed by atoms with Gasteiger partial charge < -0.3 is 14.8 Å². The molecule has 1 aliphatic heterocycles. The average molecular weight is 563 g/mol. The first kappa shape index (κ1) is 25.5. The number of aromatic nitrogens is 2. The monoisotopic (exact) mass is 562 g/mol. The van der Waals surface area contributed by atoms with E-state index in [2.05, 4.69) is 58.5 Å². The van der Waals surface area contributed by atoms with Crippen molar-refractivity contribution < 1.29 is 14.6 Å². The minimum absolute atomic E-state index is 0.0454. The molecule has 0 radical (unpaired) electrons. The van der Waals surface area contributed by atoms with E-state index in [4.69, 9.17) is 4.74 Å². The first-order valence-electron chi connectivity index (χ1n) is 15.0. The van der Waals surface area contributed by atoms with Crippen LogP contribution in [-0.4, -0.2) is 27.7 Å². The second-order valence-electron chi connectivity index (χ2n) is 11.5. The van der Waals surface area contributed by atoms with Crippen molar-refractivity contribution in [2.24, 2.45) is 0 Å². The minimum Gasteiger partial charge on any atom is -0.493 e. The van der Waals surface area contributed by atoms with Crippen LogP contribution in [0.5, 0.6) is 5.75 Å². The summed E-state index contributed by atoms with van der Waals surface area (Å²) < 4.78 is 5.56. The highest BCUT2D eigenvalue weighted by Gasteiger charge is 2.19. The molecule has 0 bridgehead atoms. The summed E-state index contributed by atoms with van der Waals surface area (Å²) in [5.41, 5.74) is 7.71. The van der Waals surface area contributed by atoms with Gasteiger partial charge in [-0.1, -0.05) is 66.7 Å². The summed E-state index contributed by atoms with van der Waals surface area (Å²) in [6.07, 6.45) is 6.08. The van der Waals surface area contributed by atoms with Crippen LogP contribution < -0.4 is 4.74 Å². The summed E-state index contributed by atoms with van der Waals surface area (Å²) >= 11 is 0. The van der Waals surface area contributed by atoms with Crippen LogP contribution in [0.3, 0.4) is 0 Å². The zero-order valence-corrected chi connectivity index (χ0v) is 23.7. The average Bonchev–Trinajstić information content (AvgIpc) is 3.68. The third kappa shape index (κ3) is 4.40. The van der Waals surface area contributed by atoms with Crippen LogP contribution in [0.2, 0.25) is 0 Å². The van der Waals surface area contributed by atoms with Gasteiger partial charge >= 0.3 is 5.97 Å². The molecule has 1 aliphatic carbocycles. The van der Waals surface area contributed by atoms with Crippen molar-refractivity contribution in [2.45, 2.75) is 32.1 Å². The van der Waals surface area contributed by atoms with E-state index in [0.717, 1.165) is 45.1 Å². The van der Waals surface area contributed by atoms with Gasteiger partial charge in [-0.2, -0.15) is 0 Å². The summed E-state index contributed by atoms with van der Waals surface area (Å²) in [6, 6.07) is 33.4. The van der Waals surface area contributed by atoms with Gasteiger partial charge in [0.2, 0.25) is 0 Å². The molecular formula is C38H30N2O3. The fourth-order valence-electron chi connectivity index (χ4n) is 6.84. The van der Waals surface area contributed by atoms with Crippen molar-refractivity contribution in [3.63, 3.8) is 0 Å². The number of hydrogen-bond acceptors (Lipinski definition) is 3. The molecule has 3 heterocycles. The Balaban J connectivity index is 0.000000136. The van der Waals surface area contributed by atoms with E-state index in [0.29, 0.717) is 12.3 Å². The van der Waals surface area contributed by atoms with Gasteiger partial charge in [0.05, 0.1) is 17.8 Å². The van der Waals surface area contributed by atoms with Crippen molar-refractivity contribution in [3.05, 3.63) is 119 Å². The molecule has 0 saturated heterocycles. The zero-order valence-electron chi connectivity index (χ0n) is 23.7.